The van der Waals surface area contributed by atoms with Crippen LogP contribution in [-0.4, -0.2) is 16.1 Å². The lowest BCUT2D eigenvalue weighted by atomic mass is 10.2. The van der Waals surface area contributed by atoms with E-state index in [1.54, 1.807) is 0 Å². The van der Waals surface area contributed by atoms with Crippen LogP contribution in [-0.2, 0) is 13.0 Å². The van der Waals surface area contributed by atoms with Crippen molar-refractivity contribution in [2.24, 2.45) is 0 Å². The zero-order chi connectivity index (χ0) is 13.7. The van der Waals surface area contributed by atoms with E-state index >= 15 is 0 Å². The summed E-state index contributed by atoms with van der Waals surface area (Å²) in [5.41, 5.74) is 1.27. The van der Waals surface area contributed by atoms with Gasteiger partial charge in [-0.05, 0) is 38.9 Å². The summed E-state index contributed by atoms with van der Waals surface area (Å²) in [7, 11) is 0. The smallest absolute Gasteiger partial charge is 0.0951 e. The Morgan fingerprint density at radius 1 is 1.42 bits per heavy atom. The third-order valence-corrected chi connectivity index (χ3v) is 4.27. The molecule has 19 heavy (non-hydrogen) atoms. The average molecular weight is 277 g/mol. The zero-order valence-electron chi connectivity index (χ0n) is 12.0. The van der Waals surface area contributed by atoms with Crippen LogP contribution in [0.25, 0.3) is 0 Å². The highest BCUT2D eigenvalue weighted by Gasteiger charge is 2.11. The molecule has 2 aromatic heterocycles. The highest BCUT2D eigenvalue weighted by atomic mass is 32.1. The summed E-state index contributed by atoms with van der Waals surface area (Å²) in [6.07, 6.45) is 6.17. The van der Waals surface area contributed by atoms with Gasteiger partial charge in [-0.25, -0.2) is 4.98 Å². The van der Waals surface area contributed by atoms with Crippen molar-refractivity contribution >= 4 is 11.3 Å². The van der Waals surface area contributed by atoms with E-state index in [2.05, 4.69) is 47.8 Å². The van der Waals surface area contributed by atoms with Crippen molar-refractivity contribution in [3.63, 3.8) is 0 Å². The Bertz CT molecular complexity index is 501. The number of nitrogens with zero attached hydrogens (tertiary/aromatic N) is 2. The van der Waals surface area contributed by atoms with Gasteiger partial charge in [-0.3, -0.25) is 0 Å². The van der Waals surface area contributed by atoms with Gasteiger partial charge in [-0.2, -0.15) is 0 Å². The van der Waals surface area contributed by atoms with Gasteiger partial charge in [0.05, 0.1) is 12.0 Å². The normalized spacial score (nSPS) is 12.8. The fourth-order valence-corrected chi connectivity index (χ4v) is 3.25. The number of hydrogen-bond acceptors (Lipinski definition) is 3. The summed E-state index contributed by atoms with van der Waals surface area (Å²) < 4.78 is 2.29. The van der Waals surface area contributed by atoms with E-state index in [0.717, 1.165) is 25.9 Å². The van der Waals surface area contributed by atoms with Crippen molar-refractivity contribution in [3.8, 4) is 0 Å². The van der Waals surface area contributed by atoms with E-state index in [4.69, 9.17) is 0 Å². The van der Waals surface area contributed by atoms with Crippen molar-refractivity contribution < 1.29 is 0 Å². The molecular formula is C15H23N3S. The number of rotatable bonds is 7. The summed E-state index contributed by atoms with van der Waals surface area (Å²) in [5.74, 6) is 0. The molecule has 0 spiro atoms. The lowest BCUT2D eigenvalue weighted by Crippen LogP contribution is -2.18. The van der Waals surface area contributed by atoms with E-state index in [1.165, 1.54) is 15.4 Å². The van der Waals surface area contributed by atoms with E-state index < -0.39 is 0 Å². The molecule has 0 saturated carbocycles. The van der Waals surface area contributed by atoms with E-state index in [1.807, 2.05) is 23.9 Å². The summed E-state index contributed by atoms with van der Waals surface area (Å²) in [4.78, 5) is 7.13. The van der Waals surface area contributed by atoms with Crippen LogP contribution in [0.1, 0.15) is 41.8 Å². The Balaban J connectivity index is 1.98. The zero-order valence-corrected chi connectivity index (χ0v) is 12.8. The Hall–Kier alpha value is -1.13. The predicted molar refractivity (Wildman–Crippen MR) is 81.7 cm³/mol. The maximum atomic E-state index is 4.30. The second-order valence-electron chi connectivity index (χ2n) is 5.03. The molecule has 2 aromatic rings. The SMILES string of the molecule is CCCNCc1cncn1C(C)Cc1ccc(C)s1. The first-order chi connectivity index (χ1) is 9.20. The summed E-state index contributed by atoms with van der Waals surface area (Å²) in [6, 6.07) is 4.89. The topological polar surface area (TPSA) is 29.9 Å². The van der Waals surface area contributed by atoms with Gasteiger partial charge in [0.1, 0.15) is 0 Å². The van der Waals surface area contributed by atoms with Crippen LogP contribution >= 0.6 is 11.3 Å². The average Bonchev–Trinajstić information content (AvgIpc) is 2.99. The van der Waals surface area contributed by atoms with Crippen molar-refractivity contribution in [3.05, 3.63) is 40.1 Å². The Labute approximate surface area is 119 Å². The molecule has 0 aliphatic rings. The molecule has 4 heteroatoms. The molecule has 1 unspecified atom stereocenters. The Kier molecular flexibility index (Phi) is 5.16. The van der Waals surface area contributed by atoms with Crippen LogP contribution in [0.4, 0.5) is 0 Å². The van der Waals surface area contributed by atoms with Crippen molar-refractivity contribution in [1.29, 1.82) is 0 Å². The van der Waals surface area contributed by atoms with Crippen molar-refractivity contribution in [2.45, 2.75) is 46.2 Å². The highest BCUT2D eigenvalue weighted by molar-refractivity contribution is 7.11. The van der Waals surface area contributed by atoms with Crippen molar-refractivity contribution in [1.82, 2.24) is 14.9 Å². The first kappa shape index (κ1) is 14.3. The van der Waals surface area contributed by atoms with Crippen LogP contribution in [0.5, 0.6) is 0 Å². The molecule has 1 N–H and O–H groups in total. The molecule has 2 rings (SSSR count). The van der Waals surface area contributed by atoms with Crippen LogP contribution in [0.3, 0.4) is 0 Å². The molecule has 0 saturated heterocycles. The van der Waals surface area contributed by atoms with Crippen LogP contribution in [0, 0.1) is 6.92 Å². The number of nitrogens with one attached hydrogen (secondary N) is 1. The minimum atomic E-state index is 0.457. The number of aryl methyl sites for hydroxylation is 1. The Morgan fingerprint density at radius 2 is 2.26 bits per heavy atom. The number of imidazole rings is 1. The first-order valence-corrected chi connectivity index (χ1v) is 7.79. The van der Waals surface area contributed by atoms with E-state index in [-0.39, 0.29) is 0 Å². The predicted octanol–water partition coefficient (Wildman–Crippen LogP) is 3.56. The van der Waals surface area contributed by atoms with Gasteiger partial charge in [-0.1, -0.05) is 6.92 Å². The highest BCUT2D eigenvalue weighted by Crippen LogP contribution is 2.22. The quantitative estimate of drug-likeness (QED) is 0.784. The summed E-state index contributed by atoms with van der Waals surface area (Å²) >= 11 is 1.89. The maximum absolute atomic E-state index is 4.30. The first-order valence-electron chi connectivity index (χ1n) is 6.97. The van der Waals surface area contributed by atoms with Gasteiger partial charge in [0.25, 0.3) is 0 Å². The van der Waals surface area contributed by atoms with Gasteiger partial charge in [0.15, 0.2) is 0 Å². The molecule has 104 valence electrons. The number of thiophene rings is 1. The summed E-state index contributed by atoms with van der Waals surface area (Å²) in [6.45, 7) is 8.58. The van der Waals surface area contributed by atoms with E-state index in [0.29, 0.717) is 6.04 Å². The maximum Gasteiger partial charge on any atom is 0.0951 e. The molecule has 0 fully saturated rings. The third kappa shape index (κ3) is 3.91. The van der Waals surface area contributed by atoms with Crippen LogP contribution in [0.2, 0.25) is 0 Å². The molecular weight excluding hydrogens is 254 g/mol. The third-order valence-electron chi connectivity index (χ3n) is 3.25. The van der Waals surface area contributed by atoms with Gasteiger partial charge in [-0.15, -0.1) is 11.3 Å². The standard InChI is InChI=1S/C15H23N3S/c1-4-7-16-9-14-10-17-11-18(14)12(2)8-15-6-5-13(3)19-15/h5-6,10-12,16H,4,7-9H2,1-3H3. The molecule has 2 heterocycles. The van der Waals surface area contributed by atoms with Crippen molar-refractivity contribution in [2.75, 3.05) is 6.54 Å². The number of aromatic nitrogens is 2. The molecule has 0 bridgehead atoms. The fraction of sp³-hybridized carbons (Fsp3) is 0.533. The minimum Gasteiger partial charge on any atom is -0.330 e. The largest absolute Gasteiger partial charge is 0.330 e. The van der Waals surface area contributed by atoms with Gasteiger partial charge in [0, 0.05) is 35.0 Å². The van der Waals surface area contributed by atoms with Gasteiger partial charge < -0.3 is 9.88 Å². The van der Waals surface area contributed by atoms with Crippen LogP contribution in [0.15, 0.2) is 24.7 Å². The molecule has 0 aliphatic heterocycles. The molecule has 3 nitrogen and oxygen atoms in total. The molecule has 0 amide bonds. The van der Waals surface area contributed by atoms with Crippen LogP contribution < -0.4 is 5.32 Å². The lowest BCUT2D eigenvalue weighted by molar-refractivity contribution is 0.513. The lowest BCUT2D eigenvalue weighted by Gasteiger charge is -2.16. The van der Waals surface area contributed by atoms with Gasteiger partial charge >= 0.3 is 0 Å². The van der Waals surface area contributed by atoms with E-state index in [9.17, 15) is 0 Å². The second kappa shape index (κ2) is 6.87. The monoisotopic (exact) mass is 277 g/mol. The fourth-order valence-electron chi connectivity index (χ4n) is 2.24. The summed E-state index contributed by atoms with van der Waals surface area (Å²) in [5, 5.41) is 3.44. The molecule has 0 aromatic carbocycles. The minimum absolute atomic E-state index is 0.457. The second-order valence-corrected chi connectivity index (χ2v) is 6.41. The molecule has 0 radical (unpaired) electrons. The van der Waals surface area contributed by atoms with Gasteiger partial charge in [0.2, 0.25) is 0 Å². The molecule has 0 aliphatic carbocycles. The Morgan fingerprint density at radius 3 is 2.95 bits per heavy atom. The molecule has 1 atom stereocenters. The number of hydrogen-bond donors (Lipinski definition) is 1.